The van der Waals surface area contributed by atoms with Gasteiger partial charge in [0.1, 0.15) is 0 Å². The quantitative estimate of drug-likeness (QED) is 0.301. The first-order valence-corrected chi connectivity index (χ1v) is 11.6. The van der Waals surface area contributed by atoms with Gasteiger partial charge in [-0.25, -0.2) is 0 Å². The normalized spacial score (nSPS) is 13.7. The average molecular weight is 439 g/mol. The number of aryl methyl sites for hydroxylation is 2. The van der Waals surface area contributed by atoms with Crippen molar-refractivity contribution in [1.29, 1.82) is 0 Å². The van der Waals surface area contributed by atoms with Gasteiger partial charge in [-0.3, -0.25) is 0 Å². The molecule has 1 aliphatic rings. The van der Waals surface area contributed by atoms with Gasteiger partial charge < -0.3 is 0 Å². The standard InChI is InChI=1S/C29H26S2/c1-19-15-21(11-13-27(19)30)17-29(18-22-12-14-28(31)20(2)16-22)25-9-5-3-7-23(25)24-8-4-6-10-26(24)29/h3-16,30-31H,17-18H2,1-2H3. The molecule has 0 spiro atoms. The van der Waals surface area contributed by atoms with Gasteiger partial charge in [0.15, 0.2) is 0 Å². The molecule has 4 aromatic carbocycles. The molecular weight excluding hydrogens is 412 g/mol. The third kappa shape index (κ3) is 3.52. The van der Waals surface area contributed by atoms with Gasteiger partial charge in [0.05, 0.1) is 0 Å². The molecule has 4 aromatic rings. The number of benzene rings is 4. The van der Waals surface area contributed by atoms with Crippen LogP contribution in [0.2, 0.25) is 0 Å². The molecule has 0 saturated heterocycles. The van der Waals surface area contributed by atoms with Gasteiger partial charge >= 0.3 is 0 Å². The second-order valence-electron chi connectivity index (χ2n) is 8.77. The predicted molar refractivity (Wildman–Crippen MR) is 137 cm³/mol. The average Bonchev–Trinajstić information content (AvgIpc) is 3.04. The monoisotopic (exact) mass is 438 g/mol. The summed E-state index contributed by atoms with van der Waals surface area (Å²) in [5, 5.41) is 0. The van der Waals surface area contributed by atoms with E-state index in [2.05, 4.69) is 124 Å². The van der Waals surface area contributed by atoms with Gasteiger partial charge in [-0.15, -0.1) is 25.3 Å². The van der Waals surface area contributed by atoms with Crippen LogP contribution in [-0.4, -0.2) is 0 Å². The van der Waals surface area contributed by atoms with Crippen LogP contribution in [0.3, 0.4) is 0 Å². The maximum absolute atomic E-state index is 4.60. The smallest absolute Gasteiger partial charge is 0.0295 e. The summed E-state index contributed by atoms with van der Waals surface area (Å²) in [4.78, 5) is 2.09. The SMILES string of the molecule is Cc1cc(CC2(Cc3ccc(S)c(C)c3)c3ccccc3-c3ccccc32)ccc1S. The fourth-order valence-electron chi connectivity index (χ4n) is 5.21. The molecule has 31 heavy (non-hydrogen) atoms. The van der Waals surface area contributed by atoms with Gasteiger partial charge in [-0.05, 0) is 83.3 Å². The summed E-state index contributed by atoms with van der Waals surface area (Å²) < 4.78 is 0. The molecule has 0 atom stereocenters. The Morgan fingerprint density at radius 1 is 0.581 bits per heavy atom. The van der Waals surface area contributed by atoms with Gasteiger partial charge in [0.2, 0.25) is 0 Å². The molecule has 0 fully saturated rings. The maximum Gasteiger partial charge on any atom is 0.0295 e. The van der Waals surface area contributed by atoms with E-state index in [0.717, 1.165) is 22.6 Å². The molecule has 1 aliphatic carbocycles. The molecular formula is C29H26S2. The minimum Gasteiger partial charge on any atom is -0.143 e. The van der Waals surface area contributed by atoms with Crippen LogP contribution in [0.25, 0.3) is 11.1 Å². The summed E-state index contributed by atoms with van der Waals surface area (Å²) >= 11 is 9.20. The lowest BCUT2D eigenvalue weighted by Crippen LogP contribution is -2.31. The van der Waals surface area contributed by atoms with Crippen LogP contribution >= 0.6 is 25.3 Å². The molecule has 0 aromatic heterocycles. The minimum absolute atomic E-state index is 0.109. The second kappa shape index (κ2) is 7.93. The summed E-state index contributed by atoms with van der Waals surface area (Å²) in [6.07, 6.45) is 1.91. The molecule has 0 amide bonds. The van der Waals surface area contributed by atoms with E-state index in [4.69, 9.17) is 0 Å². The number of hydrogen-bond acceptors (Lipinski definition) is 2. The molecule has 0 aliphatic heterocycles. The Morgan fingerprint density at radius 2 is 1.00 bits per heavy atom. The molecule has 5 rings (SSSR count). The zero-order valence-corrected chi connectivity index (χ0v) is 19.7. The van der Waals surface area contributed by atoms with Crippen LogP contribution in [0.15, 0.2) is 94.7 Å². The first-order valence-electron chi connectivity index (χ1n) is 10.7. The number of hydrogen-bond donors (Lipinski definition) is 2. The van der Waals surface area contributed by atoms with E-state index in [1.165, 1.54) is 44.5 Å². The highest BCUT2D eigenvalue weighted by Gasteiger charge is 2.43. The Bertz CT molecular complexity index is 1180. The first-order chi connectivity index (χ1) is 15.0. The highest BCUT2D eigenvalue weighted by Crippen LogP contribution is 2.52. The lowest BCUT2D eigenvalue weighted by Gasteiger charge is -2.33. The van der Waals surface area contributed by atoms with Crippen molar-refractivity contribution in [2.24, 2.45) is 0 Å². The van der Waals surface area contributed by atoms with Gasteiger partial charge in [-0.2, -0.15) is 0 Å². The molecule has 0 heterocycles. The molecule has 0 unspecified atom stereocenters. The number of thiol groups is 2. The van der Waals surface area contributed by atoms with E-state index in [0.29, 0.717) is 0 Å². The van der Waals surface area contributed by atoms with E-state index in [-0.39, 0.29) is 5.41 Å². The topological polar surface area (TPSA) is 0 Å². The fourth-order valence-corrected chi connectivity index (χ4v) is 5.49. The summed E-state index contributed by atoms with van der Waals surface area (Å²) in [5.74, 6) is 0. The van der Waals surface area contributed by atoms with Crippen molar-refractivity contribution in [3.05, 3.63) is 118 Å². The van der Waals surface area contributed by atoms with E-state index >= 15 is 0 Å². The van der Waals surface area contributed by atoms with Crippen LogP contribution < -0.4 is 0 Å². The molecule has 0 N–H and O–H groups in total. The van der Waals surface area contributed by atoms with Crippen molar-refractivity contribution in [3.8, 4) is 11.1 Å². The molecule has 0 bridgehead atoms. The zero-order chi connectivity index (χ0) is 21.6. The summed E-state index contributed by atoms with van der Waals surface area (Å²) in [6, 6.07) is 31.2. The summed E-state index contributed by atoms with van der Waals surface area (Å²) in [6.45, 7) is 4.29. The molecule has 0 saturated carbocycles. The van der Waals surface area contributed by atoms with Crippen molar-refractivity contribution in [2.45, 2.75) is 41.9 Å². The molecule has 2 heteroatoms. The van der Waals surface area contributed by atoms with Crippen molar-refractivity contribution in [3.63, 3.8) is 0 Å². The van der Waals surface area contributed by atoms with E-state index < -0.39 is 0 Å². The van der Waals surface area contributed by atoms with Crippen LogP contribution in [0.1, 0.15) is 33.4 Å². The molecule has 0 nitrogen and oxygen atoms in total. The van der Waals surface area contributed by atoms with Crippen molar-refractivity contribution in [1.82, 2.24) is 0 Å². The van der Waals surface area contributed by atoms with Crippen molar-refractivity contribution >= 4 is 25.3 Å². The summed E-state index contributed by atoms with van der Waals surface area (Å²) in [5.41, 5.74) is 10.6. The zero-order valence-electron chi connectivity index (χ0n) is 17.9. The minimum atomic E-state index is -0.109. The second-order valence-corrected chi connectivity index (χ2v) is 9.73. The van der Waals surface area contributed by atoms with Crippen molar-refractivity contribution in [2.75, 3.05) is 0 Å². The Hall–Kier alpha value is -2.42. The lowest BCUT2D eigenvalue weighted by molar-refractivity contribution is 0.519. The Balaban J connectivity index is 1.73. The molecule has 154 valence electrons. The Kier molecular flexibility index (Phi) is 5.24. The Morgan fingerprint density at radius 3 is 1.42 bits per heavy atom. The summed E-state index contributed by atoms with van der Waals surface area (Å²) in [7, 11) is 0. The largest absolute Gasteiger partial charge is 0.143 e. The van der Waals surface area contributed by atoms with Crippen LogP contribution in [-0.2, 0) is 18.3 Å². The van der Waals surface area contributed by atoms with E-state index in [1.54, 1.807) is 0 Å². The highest BCUT2D eigenvalue weighted by molar-refractivity contribution is 7.80. The van der Waals surface area contributed by atoms with Crippen LogP contribution in [0.5, 0.6) is 0 Å². The third-order valence-corrected chi connectivity index (χ3v) is 7.71. The predicted octanol–water partition coefficient (Wildman–Crippen LogP) is 7.63. The number of rotatable bonds is 4. The molecule has 0 radical (unpaired) electrons. The van der Waals surface area contributed by atoms with Crippen molar-refractivity contribution < 1.29 is 0 Å². The van der Waals surface area contributed by atoms with Gasteiger partial charge in [0.25, 0.3) is 0 Å². The maximum atomic E-state index is 4.60. The van der Waals surface area contributed by atoms with Crippen LogP contribution in [0, 0.1) is 13.8 Å². The van der Waals surface area contributed by atoms with Crippen LogP contribution in [0.4, 0.5) is 0 Å². The van der Waals surface area contributed by atoms with E-state index in [1.807, 2.05) is 0 Å². The first kappa shape index (κ1) is 20.5. The van der Waals surface area contributed by atoms with Gasteiger partial charge in [-0.1, -0.05) is 72.8 Å². The lowest BCUT2D eigenvalue weighted by atomic mass is 9.69. The number of fused-ring (bicyclic) bond motifs is 3. The van der Waals surface area contributed by atoms with E-state index in [9.17, 15) is 0 Å². The van der Waals surface area contributed by atoms with Gasteiger partial charge in [0, 0.05) is 15.2 Å². The highest BCUT2D eigenvalue weighted by atomic mass is 32.1. The Labute approximate surface area is 196 Å². The fraction of sp³-hybridized carbons (Fsp3) is 0.172. The third-order valence-electron chi connectivity index (χ3n) is 6.71.